The molecule has 0 aromatic heterocycles. The Kier molecular flexibility index (Phi) is 3.58. The summed E-state index contributed by atoms with van der Waals surface area (Å²) in [5, 5.41) is 0. The molecule has 4 nitrogen and oxygen atoms in total. The highest BCUT2D eigenvalue weighted by Gasteiger charge is 2.51. The molecule has 2 saturated heterocycles. The fourth-order valence-corrected chi connectivity index (χ4v) is 2.72. The number of carbonyl (C=O) groups excluding carboxylic acids is 1. The number of nitrogens with zero attached hydrogens (tertiary/aromatic N) is 1. The van der Waals surface area contributed by atoms with Gasteiger partial charge in [0.05, 0.1) is 12.2 Å². The zero-order chi connectivity index (χ0) is 13.4. The molecule has 0 saturated carbocycles. The second-order valence-electron chi connectivity index (χ2n) is 6.47. The Balaban J connectivity index is 1.93. The van der Waals surface area contributed by atoms with Crippen molar-refractivity contribution in [1.29, 1.82) is 0 Å². The first kappa shape index (κ1) is 13.7. The van der Waals surface area contributed by atoms with Crippen LogP contribution in [0.4, 0.5) is 4.79 Å². The summed E-state index contributed by atoms with van der Waals surface area (Å²) in [7, 11) is 0. The summed E-state index contributed by atoms with van der Waals surface area (Å²) in [6.45, 7) is 10.3. The lowest BCUT2D eigenvalue weighted by Gasteiger charge is -2.36. The highest BCUT2D eigenvalue weighted by Crippen LogP contribution is 2.42. The lowest BCUT2D eigenvalue weighted by atomic mass is 9.84. The van der Waals surface area contributed by atoms with Crippen LogP contribution in [-0.4, -0.2) is 41.9 Å². The van der Waals surface area contributed by atoms with Crippen molar-refractivity contribution in [3.8, 4) is 0 Å². The van der Waals surface area contributed by atoms with Crippen molar-refractivity contribution in [3.63, 3.8) is 0 Å². The van der Waals surface area contributed by atoms with Gasteiger partial charge in [-0.2, -0.15) is 0 Å². The van der Waals surface area contributed by atoms with Gasteiger partial charge in [-0.05, 0) is 40.0 Å². The number of ether oxygens (including phenoxy) is 2. The average molecular weight is 255 g/mol. The predicted octanol–water partition coefficient (Wildman–Crippen LogP) is 2.81. The third-order valence-electron chi connectivity index (χ3n) is 3.93. The maximum absolute atomic E-state index is 12.1. The van der Waals surface area contributed by atoms with E-state index in [1.54, 1.807) is 0 Å². The standard InChI is InChI=1S/C14H25NO3/c1-5-14(10-17-14)11-7-6-8-15(9-11)12(16)18-13(2,3)4/h11H,5-10H2,1-4H3/t11-,14+/m0/s1. The van der Waals surface area contributed by atoms with Gasteiger partial charge in [0.25, 0.3) is 0 Å². The summed E-state index contributed by atoms with van der Waals surface area (Å²) in [4.78, 5) is 13.9. The lowest BCUT2D eigenvalue weighted by molar-refractivity contribution is 0.0106. The quantitative estimate of drug-likeness (QED) is 0.712. The van der Waals surface area contributed by atoms with Crippen LogP contribution in [0.25, 0.3) is 0 Å². The molecule has 0 aliphatic carbocycles. The van der Waals surface area contributed by atoms with Crippen LogP contribution in [0.15, 0.2) is 0 Å². The molecule has 2 fully saturated rings. The van der Waals surface area contributed by atoms with E-state index < -0.39 is 5.60 Å². The zero-order valence-corrected chi connectivity index (χ0v) is 12.0. The smallest absolute Gasteiger partial charge is 0.410 e. The minimum absolute atomic E-state index is 0.0562. The molecule has 2 rings (SSSR count). The Morgan fingerprint density at radius 2 is 2.17 bits per heavy atom. The summed E-state index contributed by atoms with van der Waals surface area (Å²) < 4.78 is 11.1. The minimum atomic E-state index is -0.414. The van der Waals surface area contributed by atoms with E-state index in [9.17, 15) is 4.79 Å². The van der Waals surface area contributed by atoms with Gasteiger partial charge < -0.3 is 14.4 Å². The Morgan fingerprint density at radius 1 is 1.50 bits per heavy atom. The molecule has 18 heavy (non-hydrogen) atoms. The third kappa shape index (κ3) is 2.97. The molecule has 0 aromatic rings. The van der Waals surface area contributed by atoms with Crippen LogP contribution in [0.3, 0.4) is 0 Å². The molecule has 0 unspecified atom stereocenters. The fourth-order valence-electron chi connectivity index (χ4n) is 2.72. The van der Waals surface area contributed by atoms with Crippen LogP contribution in [0.1, 0.15) is 47.0 Å². The van der Waals surface area contributed by atoms with Crippen molar-refractivity contribution < 1.29 is 14.3 Å². The van der Waals surface area contributed by atoms with Crippen molar-refractivity contribution in [3.05, 3.63) is 0 Å². The molecule has 0 aromatic carbocycles. The van der Waals surface area contributed by atoms with E-state index in [1.165, 1.54) is 0 Å². The number of likely N-dealkylation sites (tertiary alicyclic amines) is 1. The van der Waals surface area contributed by atoms with E-state index in [0.717, 1.165) is 39.0 Å². The fraction of sp³-hybridized carbons (Fsp3) is 0.929. The van der Waals surface area contributed by atoms with Crippen molar-refractivity contribution >= 4 is 6.09 Å². The number of hydrogen-bond donors (Lipinski definition) is 0. The van der Waals surface area contributed by atoms with Crippen LogP contribution in [0, 0.1) is 5.92 Å². The van der Waals surface area contributed by atoms with Gasteiger partial charge in [-0.15, -0.1) is 0 Å². The summed E-state index contributed by atoms with van der Waals surface area (Å²) in [5.74, 6) is 0.476. The highest BCUT2D eigenvalue weighted by molar-refractivity contribution is 5.68. The van der Waals surface area contributed by atoms with Crippen molar-refractivity contribution in [2.24, 2.45) is 5.92 Å². The first-order chi connectivity index (χ1) is 8.36. The largest absolute Gasteiger partial charge is 0.444 e. The molecule has 1 amide bonds. The number of hydrogen-bond acceptors (Lipinski definition) is 3. The molecule has 104 valence electrons. The summed E-state index contributed by atoms with van der Waals surface area (Å²) >= 11 is 0. The van der Waals surface area contributed by atoms with Crippen LogP contribution >= 0.6 is 0 Å². The van der Waals surface area contributed by atoms with Crippen LogP contribution < -0.4 is 0 Å². The maximum Gasteiger partial charge on any atom is 0.410 e. The van der Waals surface area contributed by atoms with Gasteiger partial charge in [0, 0.05) is 19.0 Å². The summed E-state index contributed by atoms with van der Waals surface area (Å²) in [6.07, 6.45) is 3.07. The molecule has 2 atom stereocenters. The normalized spacial score (nSPS) is 32.2. The number of epoxide rings is 1. The molecule has 0 bridgehead atoms. The first-order valence-corrected chi connectivity index (χ1v) is 6.98. The molecular formula is C14H25NO3. The van der Waals surface area contributed by atoms with E-state index in [2.05, 4.69) is 6.92 Å². The van der Waals surface area contributed by atoms with Gasteiger partial charge in [-0.1, -0.05) is 6.92 Å². The van der Waals surface area contributed by atoms with E-state index in [0.29, 0.717) is 5.92 Å². The SMILES string of the molecule is CC[C@]1([C@H]2CCCN(C(=O)OC(C)(C)C)C2)CO1. The Morgan fingerprint density at radius 3 is 2.67 bits per heavy atom. The predicted molar refractivity (Wildman–Crippen MR) is 69.5 cm³/mol. The van der Waals surface area contributed by atoms with Gasteiger partial charge in [0.15, 0.2) is 0 Å². The van der Waals surface area contributed by atoms with Crippen molar-refractivity contribution in [2.75, 3.05) is 19.7 Å². The number of rotatable bonds is 2. The zero-order valence-electron chi connectivity index (χ0n) is 12.0. The Labute approximate surface area is 110 Å². The first-order valence-electron chi connectivity index (χ1n) is 6.98. The Hall–Kier alpha value is -0.770. The number of piperidine rings is 1. The number of amides is 1. The molecule has 0 spiro atoms. The second kappa shape index (κ2) is 4.72. The summed E-state index contributed by atoms with van der Waals surface area (Å²) in [6, 6.07) is 0. The molecule has 4 heteroatoms. The van der Waals surface area contributed by atoms with E-state index in [1.807, 2.05) is 25.7 Å². The monoisotopic (exact) mass is 255 g/mol. The molecule has 2 aliphatic heterocycles. The van der Waals surface area contributed by atoms with Gasteiger partial charge in [0.1, 0.15) is 5.60 Å². The summed E-state index contributed by atoms with van der Waals surface area (Å²) in [5.41, 5.74) is -0.358. The minimum Gasteiger partial charge on any atom is -0.444 e. The topological polar surface area (TPSA) is 42.1 Å². The maximum atomic E-state index is 12.1. The third-order valence-corrected chi connectivity index (χ3v) is 3.93. The van der Waals surface area contributed by atoms with Gasteiger partial charge in [-0.3, -0.25) is 0 Å². The lowest BCUT2D eigenvalue weighted by Crippen LogP contribution is -2.46. The van der Waals surface area contributed by atoms with Crippen molar-refractivity contribution in [2.45, 2.75) is 58.2 Å². The molecule has 0 radical (unpaired) electrons. The number of carbonyl (C=O) groups is 1. The molecule has 2 heterocycles. The highest BCUT2D eigenvalue weighted by atomic mass is 16.6. The molecule has 0 N–H and O–H groups in total. The van der Waals surface area contributed by atoms with Gasteiger partial charge in [-0.25, -0.2) is 4.79 Å². The van der Waals surface area contributed by atoms with E-state index in [-0.39, 0.29) is 11.7 Å². The average Bonchev–Trinajstić information content (AvgIpc) is 3.08. The van der Waals surface area contributed by atoms with Crippen LogP contribution in [0.5, 0.6) is 0 Å². The molecular weight excluding hydrogens is 230 g/mol. The Bertz CT molecular complexity index is 317. The van der Waals surface area contributed by atoms with E-state index in [4.69, 9.17) is 9.47 Å². The van der Waals surface area contributed by atoms with Gasteiger partial charge in [0.2, 0.25) is 0 Å². The van der Waals surface area contributed by atoms with Crippen LogP contribution in [-0.2, 0) is 9.47 Å². The van der Waals surface area contributed by atoms with Gasteiger partial charge >= 0.3 is 6.09 Å². The molecule has 2 aliphatic rings. The second-order valence-corrected chi connectivity index (χ2v) is 6.47. The van der Waals surface area contributed by atoms with Crippen LogP contribution in [0.2, 0.25) is 0 Å². The van der Waals surface area contributed by atoms with E-state index >= 15 is 0 Å². The van der Waals surface area contributed by atoms with Crippen molar-refractivity contribution in [1.82, 2.24) is 4.90 Å².